The molecular weight excluding hydrogens is 289 g/mol. The molecule has 0 unspecified atom stereocenters. The van der Waals surface area contributed by atoms with Crippen LogP contribution in [0.25, 0.3) is 0 Å². The fourth-order valence-corrected chi connectivity index (χ4v) is 1.80. The van der Waals surface area contributed by atoms with Gasteiger partial charge in [0.2, 0.25) is 0 Å². The first kappa shape index (κ1) is 14.2. The van der Waals surface area contributed by atoms with E-state index in [1.807, 2.05) is 0 Å². The van der Waals surface area contributed by atoms with Crippen LogP contribution in [0, 0.1) is 15.9 Å². The Morgan fingerprint density at radius 2 is 2.05 bits per heavy atom. The average Bonchev–Trinajstić information content (AvgIpc) is 2.40. The molecular formula is C13H9ClFNO4. The highest BCUT2D eigenvalue weighted by atomic mass is 35.5. The number of nitro benzene ring substituents is 1. The van der Waals surface area contributed by atoms with Crippen LogP contribution in [-0.2, 0) is 6.61 Å². The van der Waals surface area contributed by atoms with Crippen molar-refractivity contribution in [2.75, 3.05) is 0 Å². The normalized spacial score (nSPS) is 10.3. The van der Waals surface area contributed by atoms with Crippen molar-refractivity contribution >= 4 is 17.3 Å². The van der Waals surface area contributed by atoms with E-state index >= 15 is 0 Å². The van der Waals surface area contributed by atoms with E-state index in [2.05, 4.69) is 0 Å². The first-order valence-electron chi connectivity index (χ1n) is 5.51. The number of non-ortho nitro benzene ring substituents is 1. The third-order valence-electron chi connectivity index (χ3n) is 2.47. The van der Waals surface area contributed by atoms with Crippen LogP contribution in [-0.4, -0.2) is 10.0 Å². The molecule has 104 valence electrons. The number of hydrogen-bond acceptors (Lipinski definition) is 4. The van der Waals surface area contributed by atoms with Crippen LogP contribution in [0.2, 0.25) is 5.02 Å². The molecule has 20 heavy (non-hydrogen) atoms. The molecule has 0 aromatic heterocycles. The molecule has 0 aliphatic heterocycles. The number of aliphatic hydroxyl groups is 1. The summed E-state index contributed by atoms with van der Waals surface area (Å²) in [7, 11) is 0. The fraction of sp³-hybridized carbons (Fsp3) is 0.0769. The highest BCUT2D eigenvalue weighted by Gasteiger charge is 2.11. The van der Waals surface area contributed by atoms with Gasteiger partial charge in [0.1, 0.15) is 17.3 Å². The average molecular weight is 298 g/mol. The number of hydrogen-bond donors (Lipinski definition) is 1. The van der Waals surface area contributed by atoms with Crippen LogP contribution >= 0.6 is 11.6 Å². The maximum Gasteiger partial charge on any atom is 0.271 e. The molecule has 0 bridgehead atoms. The summed E-state index contributed by atoms with van der Waals surface area (Å²) in [6, 6.07) is 7.43. The first-order chi connectivity index (χ1) is 9.49. The summed E-state index contributed by atoms with van der Waals surface area (Å²) < 4.78 is 18.6. The molecule has 2 aromatic carbocycles. The van der Waals surface area contributed by atoms with Crippen molar-refractivity contribution in [3.8, 4) is 11.5 Å². The quantitative estimate of drug-likeness (QED) is 0.690. The number of halogens is 2. The summed E-state index contributed by atoms with van der Waals surface area (Å²) in [6.45, 7) is -0.331. The second-order valence-corrected chi connectivity index (χ2v) is 4.33. The van der Waals surface area contributed by atoms with E-state index in [1.165, 1.54) is 24.3 Å². The Bertz CT molecular complexity index is 663. The van der Waals surface area contributed by atoms with Gasteiger partial charge in [0.25, 0.3) is 5.69 Å². The van der Waals surface area contributed by atoms with E-state index in [4.69, 9.17) is 21.4 Å². The van der Waals surface area contributed by atoms with Gasteiger partial charge in [0, 0.05) is 18.2 Å². The van der Waals surface area contributed by atoms with E-state index in [-0.39, 0.29) is 28.8 Å². The minimum atomic E-state index is -0.582. The summed E-state index contributed by atoms with van der Waals surface area (Å²) in [5, 5.41) is 19.6. The van der Waals surface area contributed by atoms with Crippen LogP contribution in [0.1, 0.15) is 5.56 Å². The summed E-state index contributed by atoms with van der Waals surface area (Å²) >= 11 is 5.86. The molecule has 2 rings (SSSR count). The lowest BCUT2D eigenvalue weighted by Gasteiger charge is -2.08. The van der Waals surface area contributed by atoms with Crippen molar-refractivity contribution < 1.29 is 19.2 Å². The molecule has 5 nitrogen and oxygen atoms in total. The molecule has 0 fully saturated rings. The maximum absolute atomic E-state index is 13.3. The van der Waals surface area contributed by atoms with Crippen molar-refractivity contribution in [2.24, 2.45) is 0 Å². The second kappa shape index (κ2) is 5.85. The Labute approximate surface area is 118 Å². The van der Waals surface area contributed by atoms with Crippen LogP contribution in [0.4, 0.5) is 10.1 Å². The van der Waals surface area contributed by atoms with Gasteiger partial charge in [0.05, 0.1) is 16.6 Å². The summed E-state index contributed by atoms with van der Waals surface area (Å²) in [6.07, 6.45) is 0. The van der Waals surface area contributed by atoms with E-state index in [9.17, 15) is 14.5 Å². The summed E-state index contributed by atoms with van der Waals surface area (Å²) in [5.74, 6) is -0.263. The van der Waals surface area contributed by atoms with Gasteiger partial charge in [0.15, 0.2) is 0 Å². The van der Waals surface area contributed by atoms with Gasteiger partial charge in [-0.05, 0) is 23.8 Å². The lowest BCUT2D eigenvalue weighted by atomic mass is 10.2. The summed E-state index contributed by atoms with van der Waals surface area (Å²) in [4.78, 5) is 10.00. The predicted octanol–water partition coefficient (Wildman–Crippen LogP) is 3.67. The minimum Gasteiger partial charge on any atom is -0.456 e. The lowest BCUT2D eigenvalue weighted by molar-refractivity contribution is -0.384. The molecule has 0 aliphatic carbocycles. The van der Waals surface area contributed by atoms with Crippen LogP contribution < -0.4 is 4.74 Å². The number of ether oxygens (including phenoxy) is 1. The smallest absolute Gasteiger partial charge is 0.271 e. The van der Waals surface area contributed by atoms with Gasteiger partial charge in [-0.2, -0.15) is 0 Å². The number of benzene rings is 2. The SMILES string of the molecule is O=[N+]([O-])c1ccc(Oc2cc(F)cc(CO)c2)c(Cl)c1. The Balaban J connectivity index is 2.30. The van der Waals surface area contributed by atoms with E-state index in [0.717, 1.165) is 12.1 Å². The van der Waals surface area contributed by atoms with Gasteiger partial charge in [-0.3, -0.25) is 10.1 Å². The highest BCUT2D eigenvalue weighted by molar-refractivity contribution is 6.32. The molecule has 0 saturated heterocycles. The van der Waals surface area contributed by atoms with Crippen molar-refractivity contribution in [1.29, 1.82) is 0 Å². The molecule has 2 aromatic rings. The number of aliphatic hydroxyl groups excluding tert-OH is 1. The van der Waals surface area contributed by atoms with E-state index in [1.54, 1.807) is 0 Å². The molecule has 0 saturated carbocycles. The Hall–Kier alpha value is -2.18. The monoisotopic (exact) mass is 297 g/mol. The Morgan fingerprint density at radius 3 is 2.65 bits per heavy atom. The molecule has 0 radical (unpaired) electrons. The number of nitro groups is 1. The number of rotatable bonds is 4. The number of nitrogens with zero attached hydrogens (tertiary/aromatic N) is 1. The molecule has 0 spiro atoms. The minimum absolute atomic E-state index is 0.0361. The van der Waals surface area contributed by atoms with Crippen LogP contribution in [0.3, 0.4) is 0 Å². The molecule has 0 atom stereocenters. The van der Waals surface area contributed by atoms with Crippen LogP contribution in [0.5, 0.6) is 11.5 Å². The molecule has 1 N–H and O–H groups in total. The third-order valence-corrected chi connectivity index (χ3v) is 2.76. The van der Waals surface area contributed by atoms with Crippen molar-refractivity contribution in [3.05, 3.63) is 62.9 Å². The van der Waals surface area contributed by atoms with Crippen molar-refractivity contribution in [1.82, 2.24) is 0 Å². The maximum atomic E-state index is 13.3. The van der Waals surface area contributed by atoms with Gasteiger partial charge < -0.3 is 9.84 Å². The largest absolute Gasteiger partial charge is 0.456 e. The topological polar surface area (TPSA) is 72.6 Å². The van der Waals surface area contributed by atoms with Gasteiger partial charge in [-0.1, -0.05) is 11.6 Å². The fourth-order valence-electron chi connectivity index (χ4n) is 1.58. The van der Waals surface area contributed by atoms with Crippen molar-refractivity contribution in [3.63, 3.8) is 0 Å². The molecule has 0 heterocycles. The highest BCUT2D eigenvalue weighted by Crippen LogP contribution is 2.32. The Kier molecular flexibility index (Phi) is 4.16. The van der Waals surface area contributed by atoms with E-state index in [0.29, 0.717) is 5.56 Å². The lowest BCUT2D eigenvalue weighted by Crippen LogP contribution is -1.92. The Morgan fingerprint density at radius 1 is 1.30 bits per heavy atom. The standard InChI is InChI=1S/C13H9ClFNO4/c14-12-6-10(16(18)19)1-2-13(12)20-11-4-8(7-17)3-9(15)5-11/h1-6,17H,7H2. The third kappa shape index (κ3) is 3.23. The van der Waals surface area contributed by atoms with Gasteiger partial charge in [-0.15, -0.1) is 0 Å². The summed E-state index contributed by atoms with van der Waals surface area (Å²) in [5.41, 5.74) is 0.177. The molecule has 7 heteroatoms. The molecule has 0 amide bonds. The zero-order valence-electron chi connectivity index (χ0n) is 10.0. The second-order valence-electron chi connectivity index (χ2n) is 3.93. The first-order valence-corrected chi connectivity index (χ1v) is 5.89. The van der Waals surface area contributed by atoms with E-state index < -0.39 is 10.7 Å². The van der Waals surface area contributed by atoms with Gasteiger partial charge in [-0.25, -0.2) is 4.39 Å². The predicted molar refractivity (Wildman–Crippen MR) is 70.5 cm³/mol. The zero-order chi connectivity index (χ0) is 14.7. The van der Waals surface area contributed by atoms with Crippen LogP contribution in [0.15, 0.2) is 36.4 Å². The van der Waals surface area contributed by atoms with Crippen molar-refractivity contribution in [2.45, 2.75) is 6.61 Å². The molecule has 0 aliphatic rings. The zero-order valence-corrected chi connectivity index (χ0v) is 10.8. The van der Waals surface area contributed by atoms with Gasteiger partial charge >= 0.3 is 0 Å².